The van der Waals surface area contributed by atoms with Crippen LogP contribution in [-0.2, 0) is 14.4 Å². The van der Waals surface area contributed by atoms with E-state index < -0.39 is 22.7 Å². The molecule has 0 radical (unpaired) electrons. The monoisotopic (exact) mass is 511 g/mol. The molecule has 39 heavy (non-hydrogen) atoms. The molecule has 192 valence electrons. The predicted octanol–water partition coefficient (Wildman–Crippen LogP) is 6.95. The largest absolute Gasteiger partial charge is 0.298 e. The van der Waals surface area contributed by atoms with E-state index in [4.69, 9.17) is 0 Å². The molecule has 4 nitrogen and oxygen atoms in total. The smallest absolute Gasteiger partial charge is 0.239 e. The first-order valence-electron chi connectivity index (χ1n) is 13.7. The Kier molecular flexibility index (Phi) is 5.09. The fourth-order valence-electron chi connectivity index (χ4n) is 8.00. The average Bonchev–Trinajstić information content (AvgIpc) is 3.43. The first-order valence-corrected chi connectivity index (χ1v) is 13.7. The molecule has 1 saturated carbocycles. The fourth-order valence-corrected chi connectivity index (χ4v) is 8.00. The van der Waals surface area contributed by atoms with Crippen LogP contribution in [0, 0.1) is 22.7 Å². The van der Waals surface area contributed by atoms with Crippen LogP contribution in [0.15, 0.2) is 103 Å². The Bertz CT molecular complexity index is 1700. The van der Waals surface area contributed by atoms with Gasteiger partial charge < -0.3 is 0 Å². The zero-order valence-corrected chi connectivity index (χ0v) is 22.1. The maximum Gasteiger partial charge on any atom is 0.239 e. The van der Waals surface area contributed by atoms with Crippen molar-refractivity contribution in [1.82, 2.24) is 0 Å². The molecule has 2 fully saturated rings. The number of ketones is 1. The highest BCUT2D eigenvalue weighted by Gasteiger charge is 2.80. The van der Waals surface area contributed by atoms with Crippen molar-refractivity contribution in [3.05, 3.63) is 114 Å². The number of anilines is 1. The van der Waals surface area contributed by atoms with Gasteiger partial charge in [0.05, 0.1) is 28.4 Å². The molecule has 1 heterocycles. The third-order valence-corrected chi connectivity index (χ3v) is 9.33. The number of fused-ring (bicyclic) bond motifs is 6. The Morgan fingerprint density at radius 1 is 0.667 bits per heavy atom. The first kappa shape index (κ1) is 23.8. The van der Waals surface area contributed by atoms with Crippen molar-refractivity contribution in [2.75, 3.05) is 4.90 Å². The van der Waals surface area contributed by atoms with Gasteiger partial charge in [0, 0.05) is 5.39 Å². The van der Waals surface area contributed by atoms with Crippen LogP contribution in [0.4, 0.5) is 5.69 Å². The molecule has 2 amide bonds. The van der Waals surface area contributed by atoms with Crippen molar-refractivity contribution in [2.45, 2.75) is 26.7 Å². The molecule has 4 aromatic rings. The maximum absolute atomic E-state index is 14.8. The summed E-state index contributed by atoms with van der Waals surface area (Å²) in [6, 6.07) is 33.5. The summed E-state index contributed by atoms with van der Waals surface area (Å²) >= 11 is 0. The minimum absolute atomic E-state index is 0.0174. The quantitative estimate of drug-likeness (QED) is 0.273. The van der Waals surface area contributed by atoms with E-state index in [1.54, 1.807) is 0 Å². The number of carbonyl (C=O) groups excluding carboxylic acids is 3. The lowest BCUT2D eigenvalue weighted by Crippen LogP contribution is -2.41. The summed E-state index contributed by atoms with van der Waals surface area (Å²) in [6.07, 6.45) is 1.24. The van der Waals surface area contributed by atoms with Crippen LogP contribution in [0.1, 0.15) is 37.8 Å². The molecule has 7 rings (SSSR count). The molecule has 4 aromatic carbocycles. The second kappa shape index (κ2) is 8.34. The van der Waals surface area contributed by atoms with E-state index in [-0.39, 0.29) is 17.6 Å². The second-order valence-electron chi connectivity index (χ2n) is 11.2. The molecule has 1 aliphatic heterocycles. The number of amides is 2. The SMILES string of the molecule is CCC[C@@]12C(=O)[C@@](C)(C(c3ccccc3)=C1c1ccccc1)[C@@H]1C(=O)N(c3cccc4ccccc34)C(=O)[C@@H]12. The van der Waals surface area contributed by atoms with Gasteiger partial charge >= 0.3 is 0 Å². The molecule has 2 aliphatic carbocycles. The highest BCUT2D eigenvalue weighted by Crippen LogP contribution is 2.75. The Balaban J connectivity index is 1.52. The van der Waals surface area contributed by atoms with Gasteiger partial charge in [0.25, 0.3) is 0 Å². The lowest BCUT2D eigenvalue weighted by molar-refractivity contribution is -0.134. The van der Waals surface area contributed by atoms with Gasteiger partial charge in [-0.05, 0) is 47.1 Å². The van der Waals surface area contributed by atoms with Crippen molar-refractivity contribution >= 4 is 45.2 Å². The van der Waals surface area contributed by atoms with Crippen LogP contribution in [0.2, 0.25) is 0 Å². The molecular formula is C35H29NO3. The standard InChI is InChI=1S/C35H29NO3/c1-3-21-35-28(24-16-8-5-9-17-24)27(23-14-6-4-7-15-23)34(2,33(35)39)29-30(35)32(38)36(31(29)37)26-20-12-18-22-13-10-11-19-25(22)26/h4-20,29-30H,3,21H2,1-2H3/t29-,30+,34-,35+/m0/s1. The summed E-state index contributed by atoms with van der Waals surface area (Å²) in [5.74, 6) is -1.98. The van der Waals surface area contributed by atoms with E-state index in [1.807, 2.05) is 110 Å². The fraction of sp³-hybridized carbons (Fsp3) is 0.229. The third kappa shape index (κ3) is 2.86. The van der Waals surface area contributed by atoms with E-state index in [1.165, 1.54) is 4.90 Å². The van der Waals surface area contributed by atoms with E-state index in [9.17, 15) is 14.4 Å². The number of hydrogen-bond acceptors (Lipinski definition) is 3. The van der Waals surface area contributed by atoms with Crippen LogP contribution in [0.25, 0.3) is 21.9 Å². The van der Waals surface area contributed by atoms with Gasteiger partial charge in [-0.3, -0.25) is 14.4 Å². The van der Waals surface area contributed by atoms with E-state index in [0.29, 0.717) is 12.1 Å². The van der Waals surface area contributed by atoms with Gasteiger partial charge in [0.1, 0.15) is 0 Å². The Morgan fingerprint density at radius 3 is 1.90 bits per heavy atom. The predicted molar refractivity (Wildman–Crippen MR) is 154 cm³/mol. The second-order valence-corrected chi connectivity index (χ2v) is 11.2. The third-order valence-electron chi connectivity index (χ3n) is 9.33. The molecular weight excluding hydrogens is 482 g/mol. The summed E-state index contributed by atoms with van der Waals surface area (Å²) in [6.45, 7) is 3.97. The molecule has 0 unspecified atom stereocenters. The summed E-state index contributed by atoms with van der Waals surface area (Å²) in [5.41, 5.74) is 2.13. The van der Waals surface area contributed by atoms with E-state index in [2.05, 4.69) is 6.92 Å². The normalized spacial score (nSPS) is 27.6. The van der Waals surface area contributed by atoms with Gasteiger partial charge in [-0.15, -0.1) is 0 Å². The molecule has 0 N–H and O–H groups in total. The zero-order chi connectivity index (χ0) is 26.9. The number of imide groups is 1. The van der Waals surface area contributed by atoms with Crippen molar-refractivity contribution in [1.29, 1.82) is 0 Å². The number of allylic oxidation sites excluding steroid dienone is 2. The van der Waals surface area contributed by atoms with Crippen LogP contribution in [0.5, 0.6) is 0 Å². The molecule has 3 aliphatic rings. The zero-order valence-electron chi connectivity index (χ0n) is 22.1. The topological polar surface area (TPSA) is 54.5 Å². The highest BCUT2D eigenvalue weighted by molar-refractivity contribution is 6.35. The highest BCUT2D eigenvalue weighted by atomic mass is 16.2. The minimum atomic E-state index is -1.11. The van der Waals surface area contributed by atoms with Crippen LogP contribution in [0.3, 0.4) is 0 Å². The number of rotatable bonds is 5. The summed E-state index contributed by atoms with van der Waals surface area (Å²) in [4.78, 5) is 45.2. The number of benzene rings is 4. The minimum Gasteiger partial charge on any atom is -0.298 e. The van der Waals surface area contributed by atoms with Gasteiger partial charge in [0.2, 0.25) is 11.8 Å². The first-order chi connectivity index (χ1) is 19.0. The Morgan fingerprint density at radius 2 is 1.23 bits per heavy atom. The van der Waals surface area contributed by atoms with Crippen LogP contribution in [-0.4, -0.2) is 17.6 Å². The summed E-state index contributed by atoms with van der Waals surface area (Å²) < 4.78 is 0. The van der Waals surface area contributed by atoms with Crippen molar-refractivity contribution in [3.8, 4) is 0 Å². The van der Waals surface area contributed by atoms with Crippen molar-refractivity contribution < 1.29 is 14.4 Å². The van der Waals surface area contributed by atoms with Gasteiger partial charge in [-0.25, -0.2) is 4.90 Å². The molecule has 2 bridgehead atoms. The lowest BCUT2D eigenvalue weighted by Gasteiger charge is -2.37. The summed E-state index contributed by atoms with van der Waals surface area (Å²) in [5, 5.41) is 1.82. The van der Waals surface area contributed by atoms with E-state index in [0.717, 1.165) is 39.5 Å². The molecule has 0 aromatic heterocycles. The van der Waals surface area contributed by atoms with Gasteiger partial charge in [0.15, 0.2) is 5.78 Å². The Labute approximate surface area is 228 Å². The molecule has 4 heteroatoms. The summed E-state index contributed by atoms with van der Waals surface area (Å²) in [7, 11) is 0. The van der Waals surface area contributed by atoms with Crippen molar-refractivity contribution in [2.24, 2.45) is 22.7 Å². The van der Waals surface area contributed by atoms with Gasteiger partial charge in [-0.1, -0.05) is 110 Å². The lowest BCUT2D eigenvalue weighted by atomic mass is 9.61. The van der Waals surface area contributed by atoms with Crippen LogP contribution < -0.4 is 4.90 Å². The number of hydrogen-bond donors (Lipinski definition) is 0. The maximum atomic E-state index is 14.8. The number of carbonyl (C=O) groups is 3. The Hall–Kier alpha value is -4.31. The van der Waals surface area contributed by atoms with Crippen LogP contribution >= 0.6 is 0 Å². The molecule has 4 atom stereocenters. The van der Waals surface area contributed by atoms with E-state index >= 15 is 0 Å². The molecule has 0 spiro atoms. The average molecular weight is 512 g/mol. The van der Waals surface area contributed by atoms with Crippen molar-refractivity contribution in [3.63, 3.8) is 0 Å². The number of Topliss-reactive ketones (excluding diaryl/α,β-unsaturated/α-hetero) is 1. The van der Waals surface area contributed by atoms with Gasteiger partial charge in [-0.2, -0.15) is 0 Å². The molecule has 1 saturated heterocycles. The number of nitrogens with zero attached hydrogens (tertiary/aromatic N) is 1.